The average molecular weight is 510 g/mol. The molecule has 1 amide bonds. The van der Waals surface area contributed by atoms with Crippen LogP contribution in [0.4, 0.5) is 5.69 Å². The molecule has 1 aromatic heterocycles. The van der Waals surface area contributed by atoms with Crippen molar-refractivity contribution in [1.29, 1.82) is 0 Å². The van der Waals surface area contributed by atoms with Gasteiger partial charge in [-0.3, -0.25) is 9.69 Å². The predicted octanol–water partition coefficient (Wildman–Crippen LogP) is 4.34. The minimum atomic E-state index is -0.447. The summed E-state index contributed by atoms with van der Waals surface area (Å²) in [4.78, 5) is 29.3. The summed E-state index contributed by atoms with van der Waals surface area (Å²) in [5, 5.41) is 7.88. The number of methoxy groups -OCH3 is 2. The summed E-state index contributed by atoms with van der Waals surface area (Å²) in [6.45, 7) is 5.53. The van der Waals surface area contributed by atoms with Gasteiger partial charge in [0.2, 0.25) is 5.91 Å². The lowest BCUT2D eigenvalue weighted by Gasteiger charge is -2.44. The molecule has 3 saturated heterocycles. The molecule has 0 radical (unpaired) electrons. The maximum Gasteiger partial charge on any atom is 0.350 e. The number of rotatable bonds is 8. The molecule has 1 aromatic carbocycles. The van der Waals surface area contributed by atoms with Crippen molar-refractivity contribution in [1.82, 2.24) is 4.90 Å². The highest BCUT2D eigenvalue weighted by Gasteiger charge is 2.38. The molecule has 2 unspecified atom stereocenters. The van der Waals surface area contributed by atoms with Crippen LogP contribution in [-0.4, -0.2) is 67.5 Å². The molecule has 5 heterocycles. The Hall–Kier alpha value is -3.01. The molecule has 0 saturated carbocycles. The third-order valence-corrected chi connectivity index (χ3v) is 8.73. The van der Waals surface area contributed by atoms with E-state index in [2.05, 4.69) is 35.5 Å². The normalized spacial score (nSPS) is 26.5. The standard InChI is InChI=1S/C27H32N4O4S/c1-4-31(16-19-5-7-21(34-2)8-6-19)17-20(15-28-31)24-14-22(25(36-24)27(33)35-3)29-26(32)23-13-18-9-11-30(23)12-10-18/h5-8,14-15,17-18,23H,4,9-13,16H2,1-3H3/p+1. The lowest BCUT2D eigenvalue weighted by atomic mass is 9.83. The number of nitrogens with zero attached hydrogens (tertiary/aromatic N) is 3. The summed E-state index contributed by atoms with van der Waals surface area (Å²) in [5.74, 6) is 0.955. The molecule has 9 heteroatoms. The van der Waals surface area contributed by atoms with E-state index in [0.29, 0.717) is 27.6 Å². The first-order valence-corrected chi connectivity index (χ1v) is 13.3. The second-order valence-corrected chi connectivity index (χ2v) is 10.8. The minimum absolute atomic E-state index is 0.0406. The summed E-state index contributed by atoms with van der Waals surface area (Å²) < 4.78 is 10.7. The molecule has 190 valence electrons. The van der Waals surface area contributed by atoms with Crippen molar-refractivity contribution < 1.29 is 23.7 Å². The monoisotopic (exact) mass is 509 g/mol. The van der Waals surface area contributed by atoms with Crippen LogP contribution in [0.2, 0.25) is 0 Å². The third-order valence-electron chi connectivity index (χ3n) is 7.56. The fourth-order valence-corrected chi connectivity index (χ4v) is 6.38. The van der Waals surface area contributed by atoms with Crippen LogP contribution in [-0.2, 0) is 16.1 Å². The Bertz CT molecular complexity index is 1200. The number of carbonyl (C=O) groups is 2. The third kappa shape index (κ3) is 4.83. The van der Waals surface area contributed by atoms with Crippen molar-refractivity contribution in [2.24, 2.45) is 11.0 Å². The topological polar surface area (TPSA) is 80.2 Å². The number of esters is 1. The zero-order valence-corrected chi connectivity index (χ0v) is 21.8. The highest BCUT2D eigenvalue weighted by molar-refractivity contribution is 7.16. The Morgan fingerprint density at radius 1 is 1.19 bits per heavy atom. The van der Waals surface area contributed by atoms with E-state index in [1.54, 1.807) is 7.11 Å². The Morgan fingerprint density at radius 3 is 2.56 bits per heavy atom. The largest absolute Gasteiger partial charge is 0.497 e. The van der Waals surface area contributed by atoms with Crippen molar-refractivity contribution in [3.63, 3.8) is 0 Å². The van der Waals surface area contributed by atoms with Crippen molar-refractivity contribution in [2.45, 2.75) is 38.8 Å². The summed E-state index contributed by atoms with van der Waals surface area (Å²) in [5.41, 5.74) is 2.60. The van der Waals surface area contributed by atoms with E-state index in [0.717, 1.165) is 47.8 Å². The molecule has 4 aliphatic heterocycles. The molecule has 2 bridgehead atoms. The van der Waals surface area contributed by atoms with E-state index in [9.17, 15) is 9.59 Å². The van der Waals surface area contributed by atoms with Gasteiger partial charge in [0.1, 0.15) is 29.9 Å². The summed E-state index contributed by atoms with van der Waals surface area (Å²) in [6.07, 6.45) is 7.20. The van der Waals surface area contributed by atoms with E-state index >= 15 is 0 Å². The molecule has 36 heavy (non-hydrogen) atoms. The quantitative estimate of drug-likeness (QED) is 0.423. The number of anilines is 1. The lowest BCUT2D eigenvalue weighted by Crippen LogP contribution is -2.53. The highest BCUT2D eigenvalue weighted by Crippen LogP contribution is 2.37. The van der Waals surface area contributed by atoms with Crippen molar-refractivity contribution in [3.8, 4) is 5.75 Å². The zero-order valence-electron chi connectivity index (χ0n) is 21.0. The summed E-state index contributed by atoms with van der Waals surface area (Å²) >= 11 is 1.33. The number of quaternary nitrogens is 1. The fraction of sp³-hybridized carbons (Fsp3) is 0.444. The molecule has 6 rings (SSSR count). The van der Waals surface area contributed by atoms with Crippen LogP contribution < -0.4 is 10.1 Å². The van der Waals surface area contributed by atoms with E-state index in [-0.39, 0.29) is 11.9 Å². The lowest BCUT2D eigenvalue weighted by molar-refractivity contribution is -0.894. The smallest absolute Gasteiger partial charge is 0.350 e. The number of amides is 1. The van der Waals surface area contributed by atoms with Gasteiger partial charge in [0.05, 0.1) is 37.7 Å². The molecule has 4 aliphatic rings. The Kier molecular flexibility index (Phi) is 6.96. The first-order chi connectivity index (χ1) is 17.4. The highest BCUT2D eigenvalue weighted by atomic mass is 32.1. The zero-order chi connectivity index (χ0) is 25.3. The van der Waals surface area contributed by atoms with E-state index in [1.165, 1.54) is 31.3 Å². The van der Waals surface area contributed by atoms with Crippen LogP contribution in [0.25, 0.3) is 5.57 Å². The van der Waals surface area contributed by atoms with Gasteiger partial charge < -0.3 is 14.8 Å². The molecular formula is C27H33N4O4S+. The number of carbonyl (C=O) groups excluding carboxylic acids is 2. The van der Waals surface area contributed by atoms with Gasteiger partial charge in [-0.1, -0.05) is 5.10 Å². The van der Waals surface area contributed by atoms with Gasteiger partial charge in [0.15, 0.2) is 0 Å². The van der Waals surface area contributed by atoms with Gasteiger partial charge in [-0.15, -0.1) is 11.3 Å². The number of ether oxygens (including phenoxy) is 2. The van der Waals surface area contributed by atoms with Crippen LogP contribution in [0, 0.1) is 5.92 Å². The SMILES string of the molecule is CC[N+]1(Cc2ccc(OC)cc2)C=C(c2cc(NC(=O)C3CC4CCN3CC4)c(C(=O)OC)s2)C=N1. The maximum atomic E-state index is 13.2. The van der Waals surface area contributed by atoms with Crippen molar-refractivity contribution in [3.05, 3.63) is 51.8 Å². The first-order valence-electron chi connectivity index (χ1n) is 12.5. The van der Waals surface area contributed by atoms with Crippen LogP contribution in [0.5, 0.6) is 5.75 Å². The van der Waals surface area contributed by atoms with Gasteiger partial charge in [0.25, 0.3) is 0 Å². The number of hydrogen-bond donors (Lipinski definition) is 1. The van der Waals surface area contributed by atoms with Crippen LogP contribution in [0.15, 0.2) is 41.6 Å². The molecular weight excluding hydrogens is 476 g/mol. The number of thiophene rings is 1. The molecule has 8 nitrogen and oxygen atoms in total. The number of fused-ring (bicyclic) bond motifs is 3. The molecule has 2 atom stereocenters. The van der Waals surface area contributed by atoms with E-state index in [1.807, 2.05) is 24.4 Å². The molecule has 1 N–H and O–H groups in total. The number of piperidine rings is 3. The van der Waals surface area contributed by atoms with E-state index in [4.69, 9.17) is 14.6 Å². The van der Waals surface area contributed by atoms with Crippen LogP contribution >= 0.6 is 11.3 Å². The number of benzene rings is 1. The maximum absolute atomic E-state index is 13.2. The van der Waals surface area contributed by atoms with Crippen molar-refractivity contribution in [2.75, 3.05) is 39.2 Å². The predicted molar refractivity (Wildman–Crippen MR) is 141 cm³/mol. The van der Waals surface area contributed by atoms with Gasteiger partial charge in [-0.05, 0) is 75.5 Å². The molecule has 0 spiro atoms. The average Bonchev–Trinajstić information content (AvgIpc) is 3.54. The van der Waals surface area contributed by atoms with Gasteiger partial charge >= 0.3 is 5.97 Å². The second-order valence-electron chi connectivity index (χ2n) is 9.70. The van der Waals surface area contributed by atoms with Gasteiger partial charge in [0, 0.05) is 10.4 Å². The Balaban J connectivity index is 1.38. The second kappa shape index (κ2) is 10.2. The number of hydrogen-bond acceptors (Lipinski definition) is 7. The minimum Gasteiger partial charge on any atom is -0.497 e. The molecule has 2 aromatic rings. The Morgan fingerprint density at radius 2 is 1.94 bits per heavy atom. The Labute approximate surface area is 215 Å². The van der Waals surface area contributed by atoms with Gasteiger partial charge in [-0.25, -0.2) is 4.79 Å². The first kappa shape index (κ1) is 24.7. The number of allylic oxidation sites excluding steroid dienone is 1. The molecule has 3 fully saturated rings. The van der Waals surface area contributed by atoms with Crippen LogP contribution in [0.1, 0.15) is 46.3 Å². The summed E-state index contributed by atoms with van der Waals surface area (Å²) in [6, 6.07) is 9.77. The number of nitrogens with one attached hydrogen (secondary N) is 1. The van der Waals surface area contributed by atoms with E-state index < -0.39 is 5.97 Å². The van der Waals surface area contributed by atoms with Crippen molar-refractivity contribution >= 4 is 40.7 Å². The molecule has 0 aliphatic carbocycles. The summed E-state index contributed by atoms with van der Waals surface area (Å²) in [7, 11) is 3.02. The van der Waals surface area contributed by atoms with Crippen LogP contribution in [0.3, 0.4) is 0 Å². The van der Waals surface area contributed by atoms with Gasteiger partial charge in [-0.2, -0.15) is 4.59 Å². The fourth-order valence-electron chi connectivity index (χ4n) is 5.37.